The zero-order chi connectivity index (χ0) is 14.5. The molecule has 0 amide bonds. The fourth-order valence-corrected chi connectivity index (χ4v) is 2.65. The van der Waals surface area contributed by atoms with E-state index in [4.69, 9.17) is 0 Å². The van der Waals surface area contributed by atoms with Gasteiger partial charge in [-0.05, 0) is 31.0 Å². The summed E-state index contributed by atoms with van der Waals surface area (Å²) < 4.78 is 4.43. The molecule has 2 rings (SSSR count). The van der Waals surface area contributed by atoms with Crippen molar-refractivity contribution in [1.82, 2.24) is 19.4 Å². The predicted molar refractivity (Wildman–Crippen MR) is 82.7 cm³/mol. The first kappa shape index (κ1) is 14.9. The lowest BCUT2D eigenvalue weighted by Crippen LogP contribution is -2.25. The van der Waals surface area contributed by atoms with E-state index < -0.39 is 0 Å². The van der Waals surface area contributed by atoms with Crippen LogP contribution in [0.2, 0.25) is 0 Å². The first-order valence-electron chi connectivity index (χ1n) is 7.53. The number of imidazole rings is 1. The summed E-state index contributed by atoms with van der Waals surface area (Å²) in [7, 11) is 0. The molecule has 0 spiro atoms. The van der Waals surface area contributed by atoms with Crippen LogP contribution in [0.5, 0.6) is 0 Å². The molecular weight excluding hydrogens is 248 g/mol. The quantitative estimate of drug-likeness (QED) is 0.842. The Bertz CT molecular complexity index is 524. The van der Waals surface area contributed by atoms with E-state index in [2.05, 4.69) is 65.6 Å². The van der Waals surface area contributed by atoms with E-state index in [1.165, 1.54) is 11.3 Å². The minimum absolute atomic E-state index is 0.428. The highest BCUT2D eigenvalue weighted by Gasteiger charge is 2.15. The molecule has 0 bridgehead atoms. The molecule has 0 fully saturated rings. The molecule has 20 heavy (non-hydrogen) atoms. The van der Waals surface area contributed by atoms with Gasteiger partial charge in [0.05, 0.1) is 18.6 Å². The zero-order valence-electron chi connectivity index (χ0n) is 13.0. The number of nitrogens with zero attached hydrogens (tertiary/aromatic N) is 3. The van der Waals surface area contributed by atoms with Crippen molar-refractivity contribution in [3.8, 4) is 0 Å². The van der Waals surface area contributed by atoms with Crippen LogP contribution in [0.4, 0.5) is 0 Å². The van der Waals surface area contributed by atoms with Crippen LogP contribution < -0.4 is 5.32 Å². The molecule has 0 aliphatic heterocycles. The van der Waals surface area contributed by atoms with Crippen LogP contribution in [-0.4, -0.2) is 20.7 Å². The van der Waals surface area contributed by atoms with Gasteiger partial charge < -0.3 is 14.5 Å². The van der Waals surface area contributed by atoms with Crippen molar-refractivity contribution in [2.45, 2.75) is 46.8 Å². The van der Waals surface area contributed by atoms with Crippen LogP contribution in [0.3, 0.4) is 0 Å². The SMILES string of the molecule is CCNC(c1ccn(Cc2cncn2CC)c1)C(C)C. The Morgan fingerprint density at radius 3 is 2.75 bits per heavy atom. The molecule has 0 saturated heterocycles. The second-order valence-electron chi connectivity index (χ2n) is 5.57. The third-order valence-electron chi connectivity index (χ3n) is 3.71. The molecule has 0 saturated carbocycles. The van der Waals surface area contributed by atoms with E-state index in [0.29, 0.717) is 12.0 Å². The summed E-state index contributed by atoms with van der Waals surface area (Å²) in [6.07, 6.45) is 8.26. The van der Waals surface area contributed by atoms with Crippen molar-refractivity contribution in [3.05, 3.63) is 42.2 Å². The lowest BCUT2D eigenvalue weighted by Gasteiger charge is -2.20. The molecule has 4 nitrogen and oxygen atoms in total. The van der Waals surface area contributed by atoms with Crippen molar-refractivity contribution in [2.24, 2.45) is 5.92 Å². The summed E-state index contributed by atoms with van der Waals surface area (Å²) in [5.74, 6) is 0.590. The van der Waals surface area contributed by atoms with Gasteiger partial charge in [0.1, 0.15) is 0 Å². The number of hydrogen-bond donors (Lipinski definition) is 1. The Morgan fingerprint density at radius 1 is 1.30 bits per heavy atom. The third-order valence-corrected chi connectivity index (χ3v) is 3.71. The molecule has 4 heteroatoms. The molecule has 2 aromatic rings. The Kier molecular flexibility index (Phi) is 5.01. The van der Waals surface area contributed by atoms with Crippen LogP contribution in [0.1, 0.15) is 45.0 Å². The first-order valence-corrected chi connectivity index (χ1v) is 7.53. The molecule has 110 valence electrons. The molecule has 0 aromatic carbocycles. The van der Waals surface area contributed by atoms with Crippen molar-refractivity contribution >= 4 is 0 Å². The van der Waals surface area contributed by atoms with Crippen LogP contribution in [0.15, 0.2) is 31.0 Å². The summed E-state index contributed by atoms with van der Waals surface area (Å²) in [4.78, 5) is 4.23. The molecular formula is C16H26N4. The van der Waals surface area contributed by atoms with Crippen molar-refractivity contribution < 1.29 is 0 Å². The molecule has 2 heterocycles. The molecule has 1 atom stereocenters. The monoisotopic (exact) mass is 274 g/mol. The molecule has 2 aromatic heterocycles. The van der Waals surface area contributed by atoms with Gasteiger partial charge in [0.25, 0.3) is 0 Å². The maximum Gasteiger partial charge on any atom is 0.0948 e. The van der Waals surface area contributed by atoms with Gasteiger partial charge in [-0.3, -0.25) is 0 Å². The fraction of sp³-hybridized carbons (Fsp3) is 0.562. The van der Waals surface area contributed by atoms with Gasteiger partial charge in [0.2, 0.25) is 0 Å². The minimum atomic E-state index is 0.428. The van der Waals surface area contributed by atoms with Crippen LogP contribution in [0.25, 0.3) is 0 Å². The number of hydrogen-bond acceptors (Lipinski definition) is 2. The maximum atomic E-state index is 4.23. The smallest absolute Gasteiger partial charge is 0.0948 e. The second-order valence-corrected chi connectivity index (χ2v) is 5.57. The third kappa shape index (κ3) is 3.31. The number of rotatable bonds is 7. The second kappa shape index (κ2) is 6.75. The summed E-state index contributed by atoms with van der Waals surface area (Å²) in [5, 5.41) is 3.56. The van der Waals surface area contributed by atoms with Gasteiger partial charge in [0, 0.05) is 31.2 Å². The van der Waals surface area contributed by atoms with Crippen LogP contribution in [0, 0.1) is 5.92 Å². The van der Waals surface area contributed by atoms with Gasteiger partial charge in [0.15, 0.2) is 0 Å². The Balaban J connectivity index is 2.12. The van der Waals surface area contributed by atoms with E-state index >= 15 is 0 Å². The van der Waals surface area contributed by atoms with E-state index in [1.807, 2.05) is 12.5 Å². The summed E-state index contributed by atoms with van der Waals surface area (Å²) >= 11 is 0. The first-order chi connectivity index (χ1) is 9.65. The summed E-state index contributed by atoms with van der Waals surface area (Å²) in [5.41, 5.74) is 2.61. The van der Waals surface area contributed by atoms with Crippen molar-refractivity contribution in [3.63, 3.8) is 0 Å². The zero-order valence-corrected chi connectivity index (χ0v) is 13.0. The normalized spacial score (nSPS) is 13.1. The van der Waals surface area contributed by atoms with E-state index in [0.717, 1.165) is 19.6 Å². The van der Waals surface area contributed by atoms with Crippen molar-refractivity contribution in [2.75, 3.05) is 6.54 Å². The molecule has 0 aliphatic rings. The van der Waals surface area contributed by atoms with E-state index in [1.54, 1.807) is 0 Å². The lowest BCUT2D eigenvalue weighted by molar-refractivity contribution is 0.421. The Hall–Kier alpha value is -1.55. The fourth-order valence-electron chi connectivity index (χ4n) is 2.65. The van der Waals surface area contributed by atoms with E-state index in [9.17, 15) is 0 Å². The highest BCUT2D eigenvalue weighted by atomic mass is 15.1. The topological polar surface area (TPSA) is 34.8 Å². The van der Waals surface area contributed by atoms with Gasteiger partial charge in [-0.2, -0.15) is 0 Å². The number of aromatic nitrogens is 3. The largest absolute Gasteiger partial charge is 0.348 e. The highest BCUT2D eigenvalue weighted by Crippen LogP contribution is 2.22. The average Bonchev–Trinajstić information content (AvgIpc) is 3.05. The Labute approximate surface area is 121 Å². The lowest BCUT2D eigenvalue weighted by atomic mass is 9.98. The van der Waals surface area contributed by atoms with Gasteiger partial charge in [-0.15, -0.1) is 0 Å². The van der Waals surface area contributed by atoms with Crippen molar-refractivity contribution in [1.29, 1.82) is 0 Å². The van der Waals surface area contributed by atoms with Gasteiger partial charge in [-0.25, -0.2) is 4.98 Å². The molecule has 0 aliphatic carbocycles. The standard InChI is InChI=1S/C16H26N4/c1-5-18-16(13(3)4)14-7-8-19(10-14)11-15-9-17-12-20(15)6-2/h7-10,12-13,16,18H,5-6,11H2,1-4H3. The maximum absolute atomic E-state index is 4.23. The highest BCUT2D eigenvalue weighted by molar-refractivity contribution is 5.17. The molecule has 1 unspecified atom stereocenters. The molecule has 1 N–H and O–H groups in total. The average molecular weight is 274 g/mol. The summed E-state index contributed by atoms with van der Waals surface area (Å²) in [6, 6.07) is 2.65. The summed E-state index contributed by atoms with van der Waals surface area (Å²) in [6.45, 7) is 11.7. The van der Waals surface area contributed by atoms with Crippen LogP contribution >= 0.6 is 0 Å². The van der Waals surface area contributed by atoms with Gasteiger partial charge in [-0.1, -0.05) is 20.8 Å². The number of aryl methyl sites for hydroxylation is 1. The van der Waals surface area contributed by atoms with Gasteiger partial charge >= 0.3 is 0 Å². The molecule has 0 radical (unpaired) electrons. The number of nitrogens with one attached hydrogen (secondary N) is 1. The van der Waals surface area contributed by atoms with E-state index in [-0.39, 0.29) is 0 Å². The predicted octanol–water partition coefficient (Wildman–Crippen LogP) is 3.06. The Morgan fingerprint density at radius 2 is 2.10 bits per heavy atom. The van der Waals surface area contributed by atoms with Crippen LogP contribution in [-0.2, 0) is 13.1 Å². The minimum Gasteiger partial charge on any atom is -0.348 e.